The molecule has 0 saturated carbocycles. The number of amides is 1. The highest BCUT2D eigenvalue weighted by Gasteiger charge is 2.29. The number of likely N-dealkylation sites (tertiary alicyclic amines) is 1. The average molecular weight is 344 g/mol. The lowest BCUT2D eigenvalue weighted by Crippen LogP contribution is -2.38. The first-order chi connectivity index (χ1) is 11.8. The van der Waals surface area contributed by atoms with Gasteiger partial charge in [0.05, 0.1) is 0 Å². The standard InChI is InChI=1S/C18H24N4OS/c23-17(7-1-4-15-5-3-13-24-15)21-11-8-14(9-12-21)18-20-19-16-6-2-10-22(16)18/h3,5,13-14H,1-2,4,6-12H2. The molecule has 0 radical (unpaired) electrons. The minimum Gasteiger partial charge on any atom is -0.343 e. The first-order valence-electron chi connectivity index (χ1n) is 9.03. The molecular formula is C18H24N4OS. The fourth-order valence-electron chi connectivity index (χ4n) is 3.89. The molecule has 128 valence electrons. The molecule has 2 aromatic rings. The van der Waals surface area contributed by atoms with Crippen LogP contribution in [0.3, 0.4) is 0 Å². The number of fused-ring (bicyclic) bond motifs is 1. The van der Waals surface area contributed by atoms with Gasteiger partial charge in [0.25, 0.3) is 0 Å². The second-order valence-corrected chi connectivity index (χ2v) is 7.85. The third kappa shape index (κ3) is 3.24. The zero-order valence-corrected chi connectivity index (χ0v) is 14.8. The number of piperidine rings is 1. The molecule has 4 heterocycles. The largest absolute Gasteiger partial charge is 0.343 e. The van der Waals surface area contributed by atoms with E-state index in [0.29, 0.717) is 18.2 Å². The maximum Gasteiger partial charge on any atom is 0.222 e. The van der Waals surface area contributed by atoms with E-state index >= 15 is 0 Å². The molecule has 2 aromatic heterocycles. The van der Waals surface area contributed by atoms with Crippen LogP contribution in [0, 0.1) is 0 Å². The number of hydrogen-bond acceptors (Lipinski definition) is 4. The van der Waals surface area contributed by atoms with Crippen LogP contribution in [0.2, 0.25) is 0 Å². The number of rotatable bonds is 5. The maximum atomic E-state index is 12.4. The van der Waals surface area contributed by atoms with E-state index in [2.05, 4.69) is 32.3 Å². The van der Waals surface area contributed by atoms with Crippen LogP contribution in [0.25, 0.3) is 0 Å². The van der Waals surface area contributed by atoms with Gasteiger partial charge in [0, 0.05) is 43.3 Å². The van der Waals surface area contributed by atoms with Gasteiger partial charge >= 0.3 is 0 Å². The molecule has 1 saturated heterocycles. The van der Waals surface area contributed by atoms with E-state index in [9.17, 15) is 4.79 Å². The number of carbonyl (C=O) groups is 1. The Labute approximate surface area is 146 Å². The van der Waals surface area contributed by atoms with Crippen LogP contribution in [-0.2, 0) is 24.2 Å². The predicted molar refractivity (Wildman–Crippen MR) is 94.2 cm³/mol. The van der Waals surface area contributed by atoms with E-state index < -0.39 is 0 Å². The summed E-state index contributed by atoms with van der Waals surface area (Å²) < 4.78 is 2.31. The molecule has 6 heteroatoms. The number of carbonyl (C=O) groups excluding carboxylic acids is 1. The summed E-state index contributed by atoms with van der Waals surface area (Å²) in [5, 5.41) is 10.8. The van der Waals surface area contributed by atoms with Gasteiger partial charge in [-0.3, -0.25) is 4.79 Å². The van der Waals surface area contributed by atoms with Gasteiger partial charge in [-0.05, 0) is 43.6 Å². The molecule has 2 aliphatic rings. The Morgan fingerprint density at radius 1 is 1.25 bits per heavy atom. The van der Waals surface area contributed by atoms with Gasteiger partial charge < -0.3 is 9.47 Å². The van der Waals surface area contributed by atoms with Crippen LogP contribution in [-0.4, -0.2) is 38.7 Å². The van der Waals surface area contributed by atoms with Crippen molar-refractivity contribution < 1.29 is 4.79 Å². The summed E-state index contributed by atoms with van der Waals surface area (Å²) in [4.78, 5) is 15.8. The van der Waals surface area contributed by atoms with Gasteiger partial charge in [0.15, 0.2) is 0 Å². The van der Waals surface area contributed by atoms with Crippen molar-refractivity contribution in [1.82, 2.24) is 19.7 Å². The summed E-state index contributed by atoms with van der Waals surface area (Å²) in [7, 11) is 0. The molecule has 0 atom stereocenters. The third-order valence-corrected chi connectivity index (χ3v) is 6.18. The quantitative estimate of drug-likeness (QED) is 0.838. The summed E-state index contributed by atoms with van der Waals surface area (Å²) in [5.74, 6) is 3.10. The van der Waals surface area contributed by atoms with E-state index in [1.807, 2.05) is 4.90 Å². The zero-order chi connectivity index (χ0) is 16.4. The molecule has 24 heavy (non-hydrogen) atoms. The minimum atomic E-state index is 0.316. The fraction of sp³-hybridized carbons (Fsp3) is 0.611. The molecule has 0 unspecified atom stereocenters. The Balaban J connectivity index is 1.25. The summed E-state index contributed by atoms with van der Waals surface area (Å²) in [6.45, 7) is 2.80. The predicted octanol–water partition coefficient (Wildman–Crippen LogP) is 3.01. The van der Waals surface area contributed by atoms with E-state index in [0.717, 1.165) is 63.4 Å². The normalized spacial score (nSPS) is 18.1. The third-order valence-electron chi connectivity index (χ3n) is 5.24. The second kappa shape index (κ2) is 7.05. The lowest BCUT2D eigenvalue weighted by Gasteiger charge is -2.31. The van der Waals surface area contributed by atoms with Crippen molar-refractivity contribution in [3.63, 3.8) is 0 Å². The van der Waals surface area contributed by atoms with Gasteiger partial charge in [-0.15, -0.1) is 21.5 Å². The monoisotopic (exact) mass is 344 g/mol. The van der Waals surface area contributed by atoms with Gasteiger partial charge in [0.2, 0.25) is 5.91 Å². The average Bonchev–Trinajstić information content (AvgIpc) is 3.33. The Morgan fingerprint density at radius 2 is 2.12 bits per heavy atom. The van der Waals surface area contributed by atoms with Crippen molar-refractivity contribution in [3.05, 3.63) is 34.0 Å². The van der Waals surface area contributed by atoms with Gasteiger partial charge in [-0.25, -0.2) is 0 Å². The molecule has 0 bridgehead atoms. The molecule has 0 spiro atoms. The van der Waals surface area contributed by atoms with Crippen molar-refractivity contribution in [2.45, 2.75) is 57.4 Å². The Bertz CT molecular complexity index is 686. The highest BCUT2D eigenvalue weighted by Crippen LogP contribution is 2.29. The van der Waals surface area contributed by atoms with Crippen molar-refractivity contribution in [3.8, 4) is 0 Å². The topological polar surface area (TPSA) is 51.0 Å². The smallest absolute Gasteiger partial charge is 0.222 e. The highest BCUT2D eigenvalue weighted by molar-refractivity contribution is 7.09. The van der Waals surface area contributed by atoms with Crippen molar-refractivity contribution in [1.29, 1.82) is 0 Å². The molecule has 0 aromatic carbocycles. The number of nitrogens with zero attached hydrogens (tertiary/aromatic N) is 4. The lowest BCUT2D eigenvalue weighted by molar-refractivity contribution is -0.132. The molecule has 4 rings (SSSR count). The van der Waals surface area contributed by atoms with Crippen molar-refractivity contribution >= 4 is 17.2 Å². The first-order valence-corrected chi connectivity index (χ1v) is 9.91. The highest BCUT2D eigenvalue weighted by atomic mass is 32.1. The minimum absolute atomic E-state index is 0.316. The Kier molecular flexibility index (Phi) is 4.65. The van der Waals surface area contributed by atoms with Gasteiger partial charge in [-0.2, -0.15) is 0 Å². The summed E-state index contributed by atoms with van der Waals surface area (Å²) >= 11 is 1.78. The molecular weight excluding hydrogens is 320 g/mol. The van der Waals surface area contributed by atoms with E-state index in [1.54, 1.807) is 11.3 Å². The van der Waals surface area contributed by atoms with Crippen LogP contribution in [0.5, 0.6) is 0 Å². The van der Waals surface area contributed by atoms with Gasteiger partial charge in [-0.1, -0.05) is 6.07 Å². The molecule has 5 nitrogen and oxygen atoms in total. The van der Waals surface area contributed by atoms with Crippen LogP contribution < -0.4 is 0 Å². The lowest BCUT2D eigenvalue weighted by atomic mass is 9.95. The molecule has 1 fully saturated rings. The summed E-state index contributed by atoms with van der Waals surface area (Å²) in [6.07, 6.45) is 6.95. The van der Waals surface area contributed by atoms with Crippen molar-refractivity contribution in [2.75, 3.05) is 13.1 Å². The molecule has 0 N–H and O–H groups in total. The Hall–Kier alpha value is -1.69. The number of aryl methyl sites for hydroxylation is 2. The maximum absolute atomic E-state index is 12.4. The molecule has 0 aliphatic carbocycles. The summed E-state index contributed by atoms with van der Waals surface area (Å²) in [5.41, 5.74) is 0. The fourth-order valence-corrected chi connectivity index (χ4v) is 4.64. The Morgan fingerprint density at radius 3 is 2.92 bits per heavy atom. The van der Waals surface area contributed by atoms with Crippen LogP contribution in [0.4, 0.5) is 0 Å². The molecule has 2 aliphatic heterocycles. The number of aromatic nitrogens is 3. The zero-order valence-electron chi connectivity index (χ0n) is 14.0. The summed E-state index contributed by atoms with van der Waals surface area (Å²) in [6, 6.07) is 4.23. The van der Waals surface area contributed by atoms with Crippen LogP contribution in [0.15, 0.2) is 17.5 Å². The molecule has 1 amide bonds. The van der Waals surface area contributed by atoms with Crippen LogP contribution >= 0.6 is 11.3 Å². The SMILES string of the molecule is O=C(CCCc1cccs1)N1CCC(c2nnc3n2CCC3)CC1. The van der Waals surface area contributed by atoms with Gasteiger partial charge in [0.1, 0.15) is 11.6 Å². The number of hydrogen-bond donors (Lipinski definition) is 0. The van der Waals surface area contributed by atoms with Crippen molar-refractivity contribution in [2.24, 2.45) is 0 Å². The first kappa shape index (κ1) is 15.8. The second-order valence-electron chi connectivity index (χ2n) is 6.82. The number of thiophene rings is 1. The van der Waals surface area contributed by atoms with E-state index in [4.69, 9.17) is 0 Å². The van der Waals surface area contributed by atoms with E-state index in [-0.39, 0.29) is 0 Å². The van der Waals surface area contributed by atoms with Crippen LogP contribution in [0.1, 0.15) is 54.5 Å². The van der Waals surface area contributed by atoms with E-state index in [1.165, 1.54) is 11.3 Å².